The molecule has 0 amide bonds. The first-order valence-electron chi connectivity index (χ1n) is 5.07. The number of ketones is 1. The molecule has 2 rings (SSSR count). The second-order valence-electron chi connectivity index (χ2n) is 3.58. The molecule has 0 aliphatic carbocycles. The zero-order valence-corrected chi connectivity index (χ0v) is 9.14. The second kappa shape index (κ2) is 4.87. The Morgan fingerprint density at radius 1 is 1.28 bits per heavy atom. The van der Waals surface area contributed by atoms with E-state index in [1.165, 1.54) is 24.5 Å². The topological polar surface area (TPSA) is 52.0 Å². The summed E-state index contributed by atoms with van der Waals surface area (Å²) >= 11 is 0. The molecule has 0 saturated carbocycles. The lowest BCUT2D eigenvalue weighted by molar-refractivity contribution is 0.0969. The van der Waals surface area contributed by atoms with Crippen LogP contribution in [0.5, 0.6) is 0 Å². The molecule has 0 spiro atoms. The molecule has 0 radical (unpaired) electrons. The zero-order valence-electron chi connectivity index (χ0n) is 9.14. The molecule has 0 saturated heterocycles. The number of Topliss-reactive ketones (excluding diaryl/α,β-unsaturated/α-hetero) is 1. The smallest absolute Gasteiger partial charge is 0.292 e. The molecule has 0 atom stereocenters. The van der Waals surface area contributed by atoms with Crippen molar-refractivity contribution in [2.45, 2.75) is 6.54 Å². The zero-order chi connectivity index (χ0) is 13.1. The fourth-order valence-corrected chi connectivity index (χ4v) is 1.42. The molecular formula is C12H8F2N2O2. The molecule has 18 heavy (non-hydrogen) atoms. The molecule has 0 aliphatic heterocycles. The number of halogens is 2. The lowest BCUT2D eigenvalue weighted by Gasteiger charge is -2.04. The van der Waals surface area contributed by atoms with E-state index < -0.39 is 23.1 Å². The van der Waals surface area contributed by atoms with Gasteiger partial charge in [0.2, 0.25) is 0 Å². The van der Waals surface area contributed by atoms with E-state index in [4.69, 9.17) is 0 Å². The fourth-order valence-electron chi connectivity index (χ4n) is 1.42. The largest absolute Gasteiger partial charge is 0.347 e. The van der Waals surface area contributed by atoms with Crippen LogP contribution in [0, 0.1) is 11.6 Å². The van der Waals surface area contributed by atoms with Crippen molar-refractivity contribution in [3.8, 4) is 0 Å². The van der Waals surface area contributed by atoms with E-state index >= 15 is 0 Å². The third kappa shape index (κ3) is 2.48. The van der Waals surface area contributed by atoms with E-state index in [9.17, 15) is 18.4 Å². The summed E-state index contributed by atoms with van der Waals surface area (Å²) in [7, 11) is 0. The number of hydrogen-bond acceptors (Lipinski definition) is 3. The third-order valence-corrected chi connectivity index (χ3v) is 2.34. The molecule has 0 bridgehead atoms. The van der Waals surface area contributed by atoms with Crippen LogP contribution in [0.25, 0.3) is 0 Å². The minimum atomic E-state index is -1.10. The standard InChI is InChI=1S/C12H8F2N2O2/c13-9-3-2-8(6-10(9)14)11(17)7-16-5-1-4-15-12(16)18/h1-6H,7H2. The molecule has 1 aromatic carbocycles. The Morgan fingerprint density at radius 2 is 2.06 bits per heavy atom. The number of rotatable bonds is 3. The SMILES string of the molecule is O=C(Cn1cccnc1=O)c1ccc(F)c(F)c1. The van der Waals surface area contributed by atoms with Crippen LogP contribution in [-0.4, -0.2) is 15.3 Å². The molecule has 92 valence electrons. The summed E-state index contributed by atoms with van der Waals surface area (Å²) in [5.74, 6) is -2.62. The van der Waals surface area contributed by atoms with Gasteiger partial charge in [-0.3, -0.25) is 9.36 Å². The first-order valence-corrected chi connectivity index (χ1v) is 5.07. The van der Waals surface area contributed by atoms with Gasteiger partial charge in [-0.05, 0) is 24.3 Å². The number of nitrogens with zero attached hydrogens (tertiary/aromatic N) is 2. The summed E-state index contributed by atoms with van der Waals surface area (Å²) < 4.78 is 26.7. The predicted octanol–water partition coefficient (Wildman–Crippen LogP) is 1.40. The summed E-state index contributed by atoms with van der Waals surface area (Å²) in [6.45, 7) is -0.266. The fraction of sp³-hybridized carbons (Fsp3) is 0.0833. The highest BCUT2D eigenvalue weighted by atomic mass is 19.2. The lowest BCUT2D eigenvalue weighted by atomic mass is 10.1. The van der Waals surface area contributed by atoms with E-state index in [0.717, 1.165) is 16.7 Å². The van der Waals surface area contributed by atoms with Gasteiger partial charge in [0, 0.05) is 18.0 Å². The van der Waals surface area contributed by atoms with Gasteiger partial charge >= 0.3 is 5.69 Å². The molecule has 2 aromatic rings. The number of carbonyl (C=O) groups is 1. The maximum Gasteiger partial charge on any atom is 0.347 e. The average Bonchev–Trinajstić information content (AvgIpc) is 2.35. The first kappa shape index (κ1) is 12.1. The maximum absolute atomic E-state index is 12.9. The second-order valence-corrected chi connectivity index (χ2v) is 3.58. The van der Waals surface area contributed by atoms with Gasteiger partial charge in [0.05, 0.1) is 6.54 Å². The molecule has 6 heteroatoms. The Labute approximate surface area is 101 Å². The Morgan fingerprint density at radius 3 is 2.72 bits per heavy atom. The molecule has 4 nitrogen and oxygen atoms in total. The molecule has 0 fully saturated rings. The predicted molar refractivity (Wildman–Crippen MR) is 59.2 cm³/mol. The maximum atomic E-state index is 12.9. The van der Waals surface area contributed by atoms with Crippen molar-refractivity contribution in [1.82, 2.24) is 9.55 Å². The van der Waals surface area contributed by atoms with Crippen LogP contribution in [0.1, 0.15) is 10.4 Å². The van der Waals surface area contributed by atoms with Gasteiger partial charge in [-0.2, -0.15) is 0 Å². The van der Waals surface area contributed by atoms with Crippen LogP contribution in [0.3, 0.4) is 0 Å². The van der Waals surface area contributed by atoms with Crippen LogP contribution >= 0.6 is 0 Å². The van der Waals surface area contributed by atoms with Crippen molar-refractivity contribution in [3.05, 3.63) is 64.3 Å². The molecular weight excluding hydrogens is 242 g/mol. The Balaban J connectivity index is 2.25. The first-order chi connectivity index (χ1) is 8.58. The Kier molecular flexibility index (Phi) is 3.27. The van der Waals surface area contributed by atoms with E-state index in [-0.39, 0.29) is 12.1 Å². The van der Waals surface area contributed by atoms with Crippen molar-refractivity contribution in [2.24, 2.45) is 0 Å². The van der Waals surface area contributed by atoms with Crippen molar-refractivity contribution >= 4 is 5.78 Å². The van der Waals surface area contributed by atoms with Crippen molar-refractivity contribution in [1.29, 1.82) is 0 Å². The third-order valence-electron chi connectivity index (χ3n) is 2.34. The van der Waals surface area contributed by atoms with Gasteiger partial charge in [0.1, 0.15) is 0 Å². The monoisotopic (exact) mass is 250 g/mol. The number of carbonyl (C=O) groups excluding carboxylic acids is 1. The van der Waals surface area contributed by atoms with Crippen LogP contribution in [0.15, 0.2) is 41.5 Å². The summed E-state index contributed by atoms with van der Waals surface area (Å²) in [5, 5.41) is 0. The Bertz CT molecular complexity index is 653. The van der Waals surface area contributed by atoms with Gasteiger partial charge in [-0.25, -0.2) is 18.6 Å². The van der Waals surface area contributed by atoms with Crippen LogP contribution < -0.4 is 5.69 Å². The van der Waals surface area contributed by atoms with Gasteiger partial charge in [0.15, 0.2) is 17.4 Å². The van der Waals surface area contributed by atoms with E-state index in [1.807, 2.05) is 0 Å². The number of hydrogen-bond donors (Lipinski definition) is 0. The van der Waals surface area contributed by atoms with Crippen molar-refractivity contribution in [3.63, 3.8) is 0 Å². The van der Waals surface area contributed by atoms with Gasteiger partial charge in [-0.1, -0.05) is 0 Å². The van der Waals surface area contributed by atoms with Crippen LogP contribution in [0.4, 0.5) is 8.78 Å². The molecule has 1 aromatic heterocycles. The number of benzene rings is 1. The summed E-state index contributed by atoms with van der Waals surface area (Å²) in [6, 6.07) is 4.34. The highest BCUT2D eigenvalue weighted by Gasteiger charge is 2.11. The highest BCUT2D eigenvalue weighted by molar-refractivity contribution is 5.95. The summed E-state index contributed by atoms with van der Waals surface area (Å²) in [6.07, 6.45) is 2.70. The summed E-state index contributed by atoms with van der Waals surface area (Å²) in [4.78, 5) is 26.5. The Hall–Kier alpha value is -2.37. The van der Waals surface area contributed by atoms with Crippen LogP contribution in [-0.2, 0) is 6.54 Å². The molecule has 0 aliphatic rings. The molecule has 0 N–H and O–H groups in total. The minimum absolute atomic E-state index is 0.00431. The quantitative estimate of drug-likeness (QED) is 0.774. The van der Waals surface area contributed by atoms with Crippen molar-refractivity contribution < 1.29 is 13.6 Å². The summed E-state index contributed by atoms with van der Waals surface area (Å²) in [5.41, 5.74) is -0.571. The van der Waals surface area contributed by atoms with E-state index in [0.29, 0.717) is 0 Å². The molecule has 1 heterocycles. The van der Waals surface area contributed by atoms with Crippen LogP contribution in [0.2, 0.25) is 0 Å². The normalized spacial score (nSPS) is 10.3. The average molecular weight is 250 g/mol. The van der Waals surface area contributed by atoms with Gasteiger partial charge < -0.3 is 0 Å². The highest BCUT2D eigenvalue weighted by Crippen LogP contribution is 2.09. The van der Waals surface area contributed by atoms with Gasteiger partial charge in [0.25, 0.3) is 0 Å². The van der Waals surface area contributed by atoms with E-state index in [2.05, 4.69) is 4.98 Å². The molecule has 0 unspecified atom stereocenters. The van der Waals surface area contributed by atoms with Gasteiger partial charge in [-0.15, -0.1) is 0 Å². The lowest BCUT2D eigenvalue weighted by Crippen LogP contribution is -2.25. The minimum Gasteiger partial charge on any atom is -0.292 e. The van der Waals surface area contributed by atoms with E-state index in [1.54, 1.807) is 0 Å². The van der Waals surface area contributed by atoms with Crippen molar-refractivity contribution in [2.75, 3.05) is 0 Å². The number of aromatic nitrogens is 2.